The van der Waals surface area contributed by atoms with E-state index in [0.29, 0.717) is 12.5 Å². The molecule has 6 heteroatoms. The summed E-state index contributed by atoms with van der Waals surface area (Å²) in [6, 6.07) is 16.4. The molecule has 130 valence electrons. The normalized spacial score (nSPS) is 13.0. The van der Waals surface area contributed by atoms with Crippen LogP contribution in [0.5, 0.6) is 0 Å². The Morgan fingerprint density at radius 2 is 1.88 bits per heavy atom. The van der Waals surface area contributed by atoms with Crippen LogP contribution in [0.3, 0.4) is 0 Å². The topological polar surface area (TPSA) is 66.6 Å². The van der Waals surface area contributed by atoms with Crippen LogP contribution in [0.1, 0.15) is 30.7 Å². The lowest BCUT2D eigenvalue weighted by atomic mass is 9.98. The Bertz CT molecular complexity index is 824. The number of guanidine groups is 1. The van der Waals surface area contributed by atoms with Crippen molar-refractivity contribution in [3.05, 3.63) is 66.1 Å². The Morgan fingerprint density at radius 3 is 2.68 bits per heavy atom. The van der Waals surface area contributed by atoms with Crippen molar-refractivity contribution < 1.29 is 0 Å². The minimum absolute atomic E-state index is 0.507. The predicted octanol–water partition coefficient (Wildman–Crippen LogP) is 2.59. The summed E-state index contributed by atoms with van der Waals surface area (Å²) in [7, 11) is 1.78. The minimum atomic E-state index is 0.507. The van der Waals surface area contributed by atoms with Crippen LogP contribution in [-0.4, -0.2) is 34.2 Å². The first-order chi connectivity index (χ1) is 12.3. The van der Waals surface area contributed by atoms with Crippen molar-refractivity contribution >= 4 is 11.6 Å². The highest BCUT2D eigenvalue weighted by Gasteiger charge is 2.07. The van der Waals surface area contributed by atoms with Crippen LogP contribution >= 0.6 is 0 Å². The molecule has 2 heterocycles. The molecular weight excluding hydrogens is 312 g/mol. The van der Waals surface area contributed by atoms with E-state index in [1.54, 1.807) is 7.05 Å². The van der Waals surface area contributed by atoms with Gasteiger partial charge in [0, 0.05) is 19.8 Å². The number of aromatic nitrogens is 3. The average molecular weight is 336 g/mol. The van der Waals surface area contributed by atoms with Gasteiger partial charge in [-0.25, -0.2) is 0 Å². The molecule has 2 N–H and O–H groups in total. The second-order valence-electron chi connectivity index (χ2n) is 6.00. The van der Waals surface area contributed by atoms with Crippen LogP contribution in [0.15, 0.2) is 59.7 Å². The van der Waals surface area contributed by atoms with Gasteiger partial charge in [0.15, 0.2) is 17.4 Å². The van der Waals surface area contributed by atoms with Crippen LogP contribution in [-0.2, 0) is 6.54 Å². The van der Waals surface area contributed by atoms with Crippen LogP contribution in [0.2, 0.25) is 0 Å². The lowest BCUT2D eigenvalue weighted by Crippen LogP contribution is -2.38. The summed E-state index contributed by atoms with van der Waals surface area (Å²) in [6.45, 7) is 3.67. The van der Waals surface area contributed by atoms with Gasteiger partial charge >= 0.3 is 0 Å². The Hall–Kier alpha value is -2.89. The first-order valence-electron chi connectivity index (χ1n) is 8.56. The Labute approximate surface area is 148 Å². The maximum absolute atomic E-state index is 4.27. The minimum Gasteiger partial charge on any atom is -0.356 e. The summed E-state index contributed by atoms with van der Waals surface area (Å²) in [5.41, 5.74) is 2.21. The number of aliphatic imine (C=N–C) groups is 1. The SMILES string of the molecule is CN=C(NCCC(C)c1ccccc1)NCc1nnc2ccccn12. The fraction of sp³-hybridized carbons (Fsp3) is 0.316. The molecule has 0 fully saturated rings. The van der Waals surface area contributed by atoms with Gasteiger partial charge in [-0.05, 0) is 30.0 Å². The third-order valence-electron chi connectivity index (χ3n) is 4.26. The number of nitrogens with one attached hydrogen (secondary N) is 2. The molecule has 0 spiro atoms. The number of fused-ring (bicyclic) bond motifs is 1. The smallest absolute Gasteiger partial charge is 0.191 e. The third kappa shape index (κ3) is 4.35. The lowest BCUT2D eigenvalue weighted by molar-refractivity contribution is 0.649. The molecule has 0 amide bonds. The van der Waals surface area contributed by atoms with Crippen molar-refractivity contribution in [2.75, 3.05) is 13.6 Å². The highest BCUT2D eigenvalue weighted by molar-refractivity contribution is 5.79. The van der Waals surface area contributed by atoms with Crippen molar-refractivity contribution in [1.82, 2.24) is 25.2 Å². The van der Waals surface area contributed by atoms with E-state index >= 15 is 0 Å². The molecule has 0 bridgehead atoms. The number of rotatable bonds is 6. The quantitative estimate of drug-likeness (QED) is 0.536. The number of pyridine rings is 1. The first-order valence-corrected chi connectivity index (χ1v) is 8.56. The Morgan fingerprint density at radius 1 is 1.08 bits per heavy atom. The molecule has 1 atom stereocenters. The van der Waals surface area contributed by atoms with Gasteiger partial charge in [0.1, 0.15) is 0 Å². The van der Waals surface area contributed by atoms with E-state index in [2.05, 4.69) is 63.1 Å². The predicted molar refractivity (Wildman–Crippen MR) is 101 cm³/mol. The van der Waals surface area contributed by atoms with Crippen molar-refractivity contribution in [3.63, 3.8) is 0 Å². The van der Waals surface area contributed by atoms with E-state index in [4.69, 9.17) is 0 Å². The van der Waals surface area contributed by atoms with Crippen molar-refractivity contribution in [3.8, 4) is 0 Å². The molecular formula is C19H24N6. The maximum atomic E-state index is 4.27. The molecule has 1 aromatic carbocycles. The third-order valence-corrected chi connectivity index (χ3v) is 4.26. The summed E-state index contributed by atoms with van der Waals surface area (Å²) in [4.78, 5) is 4.27. The number of hydrogen-bond acceptors (Lipinski definition) is 3. The van der Waals surface area contributed by atoms with Crippen LogP contribution in [0.4, 0.5) is 0 Å². The molecule has 2 aromatic heterocycles. The van der Waals surface area contributed by atoms with Crippen LogP contribution in [0.25, 0.3) is 5.65 Å². The molecule has 0 saturated heterocycles. The Balaban J connectivity index is 1.48. The van der Waals surface area contributed by atoms with E-state index in [1.165, 1.54) is 5.56 Å². The zero-order valence-corrected chi connectivity index (χ0v) is 14.7. The second kappa shape index (κ2) is 8.28. The zero-order chi connectivity index (χ0) is 17.5. The molecule has 0 aliphatic heterocycles. The van der Waals surface area contributed by atoms with Gasteiger partial charge in [0.05, 0.1) is 6.54 Å². The standard InChI is InChI=1S/C19H24N6/c1-15(16-8-4-3-5-9-16)11-12-21-19(20-2)22-14-18-24-23-17-10-6-7-13-25(17)18/h3-10,13,15H,11-12,14H2,1-2H3,(H2,20,21,22). The molecule has 0 aliphatic rings. The van der Waals surface area contributed by atoms with Crippen molar-refractivity contribution in [2.45, 2.75) is 25.8 Å². The van der Waals surface area contributed by atoms with Gasteiger partial charge in [-0.3, -0.25) is 9.39 Å². The molecule has 0 radical (unpaired) electrons. The van der Waals surface area contributed by atoms with Gasteiger partial charge in [-0.1, -0.05) is 43.3 Å². The van der Waals surface area contributed by atoms with Gasteiger partial charge < -0.3 is 10.6 Å². The van der Waals surface area contributed by atoms with Gasteiger partial charge in [-0.15, -0.1) is 10.2 Å². The number of benzene rings is 1. The largest absolute Gasteiger partial charge is 0.356 e. The van der Waals surface area contributed by atoms with E-state index in [1.807, 2.05) is 28.8 Å². The van der Waals surface area contributed by atoms with Gasteiger partial charge in [0.25, 0.3) is 0 Å². The van der Waals surface area contributed by atoms with E-state index in [-0.39, 0.29) is 0 Å². The van der Waals surface area contributed by atoms with Crippen molar-refractivity contribution in [1.29, 1.82) is 0 Å². The van der Waals surface area contributed by atoms with Gasteiger partial charge in [-0.2, -0.15) is 0 Å². The molecule has 6 nitrogen and oxygen atoms in total. The lowest BCUT2D eigenvalue weighted by Gasteiger charge is -2.15. The Kier molecular flexibility index (Phi) is 5.61. The molecule has 3 rings (SSSR count). The molecule has 3 aromatic rings. The summed E-state index contributed by atoms with van der Waals surface area (Å²) in [6.07, 6.45) is 3.00. The monoisotopic (exact) mass is 336 g/mol. The number of hydrogen-bond donors (Lipinski definition) is 2. The second-order valence-corrected chi connectivity index (χ2v) is 6.00. The molecule has 0 saturated carbocycles. The molecule has 1 unspecified atom stereocenters. The maximum Gasteiger partial charge on any atom is 0.191 e. The van der Waals surface area contributed by atoms with Gasteiger partial charge in [0.2, 0.25) is 0 Å². The molecule has 25 heavy (non-hydrogen) atoms. The molecule has 0 aliphatic carbocycles. The summed E-state index contributed by atoms with van der Waals surface area (Å²) < 4.78 is 1.97. The number of nitrogens with zero attached hydrogens (tertiary/aromatic N) is 4. The average Bonchev–Trinajstić information content (AvgIpc) is 3.08. The summed E-state index contributed by atoms with van der Waals surface area (Å²) in [5, 5.41) is 15.0. The fourth-order valence-corrected chi connectivity index (χ4v) is 2.75. The van der Waals surface area contributed by atoms with Crippen molar-refractivity contribution in [2.24, 2.45) is 4.99 Å². The first kappa shape index (κ1) is 17.0. The van der Waals surface area contributed by atoms with Crippen LogP contribution in [0, 0.1) is 0 Å². The zero-order valence-electron chi connectivity index (χ0n) is 14.7. The van der Waals surface area contributed by atoms with E-state index in [9.17, 15) is 0 Å². The summed E-state index contributed by atoms with van der Waals surface area (Å²) in [5.74, 6) is 2.14. The summed E-state index contributed by atoms with van der Waals surface area (Å²) >= 11 is 0. The van der Waals surface area contributed by atoms with Crippen LogP contribution < -0.4 is 10.6 Å². The van der Waals surface area contributed by atoms with E-state index in [0.717, 1.165) is 30.4 Å². The fourth-order valence-electron chi connectivity index (χ4n) is 2.75. The highest BCUT2D eigenvalue weighted by Crippen LogP contribution is 2.17. The highest BCUT2D eigenvalue weighted by atomic mass is 15.3. The van der Waals surface area contributed by atoms with E-state index < -0.39 is 0 Å².